The maximum absolute atomic E-state index is 3.71. The maximum atomic E-state index is 3.71. The molecule has 2 aromatic rings. The highest BCUT2D eigenvalue weighted by atomic mass is 15.0. The van der Waals surface area contributed by atoms with Crippen LogP contribution in [-0.2, 0) is 0 Å². The van der Waals surface area contributed by atoms with Crippen molar-refractivity contribution in [2.24, 2.45) is 5.92 Å². The lowest BCUT2D eigenvalue weighted by atomic mass is 9.84. The number of nitrogens with zero attached hydrogens (tertiary/aromatic N) is 1. The molecule has 2 heteroatoms. The summed E-state index contributed by atoms with van der Waals surface area (Å²) in [5, 5.41) is 3.71. The molecule has 2 nitrogen and oxygen atoms in total. The van der Waals surface area contributed by atoms with Gasteiger partial charge in [0.2, 0.25) is 0 Å². The number of rotatable bonds is 4. The first-order chi connectivity index (χ1) is 9.85. The van der Waals surface area contributed by atoms with Crippen LogP contribution in [0.2, 0.25) is 0 Å². The Hall–Kier alpha value is -1.70. The van der Waals surface area contributed by atoms with Gasteiger partial charge >= 0.3 is 0 Å². The summed E-state index contributed by atoms with van der Waals surface area (Å²) in [7, 11) is 0. The van der Waals surface area contributed by atoms with Gasteiger partial charge in [-0.1, -0.05) is 19.4 Å². The van der Waals surface area contributed by atoms with Crippen molar-refractivity contribution in [3.63, 3.8) is 0 Å². The minimum Gasteiger partial charge on any atom is -0.382 e. The summed E-state index contributed by atoms with van der Waals surface area (Å²) in [6.45, 7) is 2.32. The fourth-order valence-corrected chi connectivity index (χ4v) is 3.21. The first kappa shape index (κ1) is 13.3. The normalized spacial score (nSPS) is 22.6. The van der Waals surface area contributed by atoms with Crippen LogP contribution in [0.5, 0.6) is 0 Å². The van der Waals surface area contributed by atoms with Crippen LogP contribution in [0.4, 0.5) is 5.69 Å². The minimum atomic E-state index is 0.651. The summed E-state index contributed by atoms with van der Waals surface area (Å²) in [5.41, 5.74) is 2.47. The van der Waals surface area contributed by atoms with Crippen LogP contribution < -0.4 is 5.32 Å². The zero-order valence-corrected chi connectivity index (χ0v) is 12.3. The minimum absolute atomic E-state index is 0.651. The first-order valence-corrected chi connectivity index (χ1v) is 7.85. The molecule has 1 aromatic heterocycles. The third-order valence-electron chi connectivity index (χ3n) is 4.54. The highest BCUT2D eigenvalue weighted by molar-refractivity contribution is 5.51. The summed E-state index contributed by atoms with van der Waals surface area (Å²) in [6, 6.07) is 13.5. The number of nitrogens with one attached hydrogen (secondary N) is 1. The molecular weight excluding hydrogens is 244 g/mol. The van der Waals surface area contributed by atoms with Gasteiger partial charge in [0.25, 0.3) is 0 Å². The molecule has 1 N–H and O–H groups in total. The van der Waals surface area contributed by atoms with E-state index < -0.39 is 0 Å². The van der Waals surface area contributed by atoms with E-state index in [1.165, 1.54) is 43.5 Å². The van der Waals surface area contributed by atoms with Crippen LogP contribution in [0.3, 0.4) is 0 Å². The van der Waals surface area contributed by atoms with Crippen molar-refractivity contribution in [1.29, 1.82) is 0 Å². The molecular formula is C18H24N2. The number of anilines is 1. The van der Waals surface area contributed by atoms with E-state index in [4.69, 9.17) is 0 Å². The van der Waals surface area contributed by atoms with E-state index in [2.05, 4.69) is 65.6 Å². The van der Waals surface area contributed by atoms with Crippen molar-refractivity contribution < 1.29 is 0 Å². The predicted molar refractivity (Wildman–Crippen MR) is 85.4 cm³/mol. The summed E-state index contributed by atoms with van der Waals surface area (Å²) >= 11 is 0. The number of benzene rings is 1. The molecule has 1 saturated carbocycles. The third-order valence-corrected chi connectivity index (χ3v) is 4.54. The van der Waals surface area contributed by atoms with Crippen LogP contribution in [0.15, 0.2) is 48.8 Å². The molecule has 0 saturated heterocycles. The van der Waals surface area contributed by atoms with Gasteiger partial charge in [-0.25, -0.2) is 0 Å². The zero-order chi connectivity index (χ0) is 13.8. The largest absolute Gasteiger partial charge is 0.382 e. The fraction of sp³-hybridized carbons (Fsp3) is 0.444. The van der Waals surface area contributed by atoms with Crippen LogP contribution in [0, 0.1) is 5.92 Å². The van der Waals surface area contributed by atoms with Crippen LogP contribution >= 0.6 is 0 Å². The molecule has 20 heavy (non-hydrogen) atoms. The van der Waals surface area contributed by atoms with Gasteiger partial charge in [-0.2, -0.15) is 0 Å². The van der Waals surface area contributed by atoms with Gasteiger partial charge in [0, 0.05) is 29.8 Å². The van der Waals surface area contributed by atoms with E-state index in [-0.39, 0.29) is 0 Å². The molecule has 1 aromatic carbocycles. The standard InChI is InChI=1S/C18H24N2/c1-2-15-8-10-16(11-9-15)19-17-6-5-7-18(14-17)20-12-3-4-13-20/h3-7,12-16,19H,2,8-11H2,1H3. The third kappa shape index (κ3) is 3.06. The van der Waals surface area contributed by atoms with Crippen molar-refractivity contribution in [3.05, 3.63) is 48.8 Å². The van der Waals surface area contributed by atoms with Gasteiger partial charge in [-0.3, -0.25) is 0 Å². The molecule has 1 aliphatic rings. The first-order valence-electron chi connectivity index (χ1n) is 7.85. The van der Waals surface area contributed by atoms with E-state index >= 15 is 0 Å². The van der Waals surface area contributed by atoms with Gasteiger partial charge in [0.1, 0.15) is 0 Å². The van der Waals surface area contributed by atoms with Gasteiger partial charge in [0.05, 0.1) is 0 Å². The molecule has 0 spiro atoms. The van der Waals surface area contributed by atoms with Gasteiger partial charge < -0.3 is 9.88 Å². The smallest absolute Gasteiger partial charge is 0.0469 e. The zero-order valence-electron chi connectivity index (χ0n) is 12.3. The topological polar surface area (TPSA) is 17.0 Å². The second kappa shape index (κ2) is 6.17. The van der Waals surface area contributed by atoms with E-state index in [1.54, 1.807) is 0 Å². The maximum Gasteiger partial charge on any atom is 0.0469 e. The lowest BCUT2D eigenvalue weighted by molar-refractivity contribution is 0.330. The molecule has 1 fully saturated rings. The second-order valence-corrected chi connectivity index (χ2v) is 5.91. The number of aromatic nitrogens is 1. The van der Waals surface area contributed by atoms with Gasteiger partial charge in [0.15, 0.2) is 0 Å². The average Bonchev–Trinajstić information content (AvgIpc) is 3.03. The highest BCUT2D eigenvalue weighted by Gasteiger charge is 2.19. The summed E-state index contributed by atoms with van der Waals surface area (Å²) in [6.07, 6.45) is 10.9. The van der Waals surface area contributed by atoms with Crippen molar-refractivity contribution in [1.82, 2.24) is 4.57 Å². The quantitative estimate of drug-likeness (QED) is 0.838. The van der Waals surface area contributed by atoms with Crippen molar-refractivity contribution in [2.75, 3.05) is 5.32 Å². The monoisotopic (exact) mass is 268 g/mol. The van der Waals surface area contributed by atoms with Crippen LogP contribution in [-0.4, -0.2) is 10.6 Å². The Balaban J connectivity index is 1.65. The average molecular weight is 268 g/mol. The Bertz CT molecular complexity index is 522. The lowest BCUT2D eigenvalue weighted by Gasteiger charge is -2.29. The number of hydrogen-bond donors (Lipinski definition) is 1. The molecule has 0 aliphatic heterocycles. The Morgan fingerprint density at radius 1 is 1.05 bits per heavy atom. The van der Waals surface area contributed by atoms with Crippen molar-refractivity contribution in [2.45, 2.75) is 45.1 Å². The second-order valence-electron chi connectivity index (χ2n) is 5.91. The van der Waals surface area contributed by atoms with Crippen molar-refractivity contribution >= 4 is 5.69 Å². The number of hydrogen-bond acceptors (Lipinski definition) is 1. The van der Waals surface area contributed by atoms with Crippen LogP contribution in [0.25, 0.3) is 5.69 Å². The van der Waals surface area contributed by atoms with Gasteiger partial charge in [-0.05, 0) is 61.9 Å². The molecule has 0 unspecified atom stereocenters. The van der Waals surface area contributed by atoms with Gasteiger partial charge in [-0.15, -0.1) is 0 Å². The van der Waals surface area contributed by atoms with E-state index in [1.807, 2.05) is 0 Å². The summed E-state index contributed by atoms with van der Waals surface area (Å²) < 4.78 is 2.15. The Kier molecular flexibility index (Phi) is 4.10. The molecule has 1 heterocycles. The van der Waals surface area contributed by atoms with Crippen molar-refractivity contribution in [3.8, 4) is 5.69 Å². The van der Waals surface area contributed by atoms with E-state index in [0.717, 1.165) is 5.92 Å². The molecule has 1 aliphatic carbocycles. The Labute approximate surface area is 121 Å². The Morgan fingerprint density at radius 3 is 2.50 bits per heavy atom. The van der Waals surface area contributed by atoms with Crippen LogP contribution in [0.1, 0.15) is 39.0 Å². The van der Waals surface area contributed by atoms with E-state index in [9.17, 15) is 0 Å². The molecule has 0 atom stereocenters. The molecule has 0 radical (unpaired) electrons. The molecule has 0 bridgehead atoms. The Morgan fingerprint density at radius 2 is 1.80 bits per heavy atom. The fourth-order valence-electron chi connectivity index (χ4n) is 3.21. The molecule has 106 valence electrons. The SMILES string of the molecule is CCC1CCC(Nc2cccc(-n3cccc3)c2)CC1. The predicted octanol–water partition coefficient (Wildman–Crippen LogP) is 4.86. The highest BCUT2D eigenvalue weighted by Crippen LogP contribution is 2.28. The molecule has 3 rings (SSSR count). The summed E-state index contributed by atoms with van der Waals surface area (Å²) in [4.78, 5) is 0. The molecule has 0 amide bonds. The van der Waals surface area contributed by atoms with E-state index in [0.29, 0.717) is 6.04 Å². The lowest BCUT2D eigenvalue weighted by Crippen LogP contribution is -2.25. The summed E-state index contributed by atoms with van der Waals surface area (Å²) in [5.74, 6) is 0.958.